The molecule has 5 heterocycles. The molecule has 0 saturated carbocycles. The largest absolute Gasteiger partial charge is 0.309 e. The average Bonchev–Trinajstić information content (AvgIpc) is 1.62. The molecule has 0 atom stereocenters. The predicted octanol–water partition coefficient (Wildman–Crippen LogP) is 21.5. The molecule has 0 aliphatic heterocycles. The van der Waals surface area contributed by atoms with E-state index in [1.807, 2.05) is 47.7 Å². The highest BCUT2D eigenvalue weighted by atomic mass is 32.1. The summed E-state index contributed by atoms with van der Waals surface area (Å²) in [5.41, 5.74) is 20.0. The Morgan fingerprint density at radius 2 is 0.682 bits per heavy atom. The maximum atomic E-state index is 5.14. The van der Waals surface area contributed by atoms with Crippen molar-refractivity contribution in [3.63, 3.8) is 0 Å². The van der Waals surface area contributed by atoms with Gasteiger partial charge in [-0.3, -0.25) is 0 Å². The highest BCUT2D eigenvalue weighted by Gasteiger charge is 2.24. The van der Waals surface area contributed by atoms with Crippen LogP contribution in [0.15, 0.2) is 303 Å². The van der Waals surface area contributed by atoms with E-state index in [1.54, 1.807) is 0 Å². The summed E-state index contributed by atoms with van der Waals surface area (Å²) in [5.74, 6) is 1.89. The summed E-state index contributed by atoms with van der Waals surface area (Å²) in [7, 11) is 0. The quantitative estimate of drug-likeness (QED) is 0.145. The second-order valence-corrected chi connectivity index (χ2v) is 23.7. The predicted molar refractivity (Wildman–Crippen MR) is 368 cm³/mol. The number of hydrogen-bond donors (Lipinski definition) is 0. The van der Waals surface area contributed by atoms with Crippen molar-refractivity contribution < 1.29 is 0 Å². The lowest BCUT2D eigenvalue weighted by atomic mass is 9.97. The number of rotatable bonds is 9. The second-order valence-electron chi connectivity index (χ2n) is 22.7. The van der Waals surface area contributed by atoms with Crippen LogP contribution in [0.5, 0.6) is 0 Å². The lowest BCUT2D eigenvalue weighted by Crippen LogP contribution is -2.00. The number of benzene rings is 13. The van der Waals surface area contributed by atoms with E-state index in [9.17, 15) is 0 Å². The van der Waals surface area contributed by atoms with Gasteiger partial charge in [-0.15, -0.1) is 11.3 Å². The maximum absolute atomic E-state index is 5.14. The highest BCUT2D eigenvalue weighted by Crippen LogP contribution is 2.47. The van der Waals surface area contributed by atoms with Crippen LogP contribution in [0.4, 0.5) is 0 Å². The molecule has 0 radical (unpaired) electrons. The fourth-order valence-corrected chi connectivity index (χ4v) is 14.9. The number of para-hydroxylation sites is 3. The molecular weight excluding hydrogens is 1090 g/mol. The van der Waals surface area contributed by atoms with E-state index in [-0.39, 0.29) is 0 Å². The van der Waals surface area contributed by atoms with Gasteiger partial charge >= 0.3 is 0 Å². The Morgan fingerprint density at radius 3 is 1.32 bits per heavy atom. The molecule has 18 rings (SSSR count). The molecule has 7 heteroatoms. The van der Waals surface area contributed by atoms with Crippen LogP contribution in [-0.4, -0.2) is 28.7 Å². The summed E-state index contributed by atoms with van der Waals surface area (Å²) in [6.07, 6.45) is 0. The zero-order valence-electron chi connectivity index (χ0n) is 47.5. The fraction of sp³-hybridized carbons (Fsp3) is 0. The Balaban J connectivity index is 0.839. The molecule has 0 saturated heterocycles. The lowest BCUT2D eigenvalue weighted by Gasteiger charge is -2.15. The van der Waals surface area contributed by atoms with Crippen molar-refractivity contribution in [2.45, 2.75) is 0 Å². The molecule has 0 amide bonds. The number of aromatic nitrogens is 6. The smallest absolute Gasteiger partial charge is 0.164 e. The number of nitrogens with zero attached hydrogens (tertiary/aromatic N) is 6. The first-order valence-electron chi connectivity index (χ1n) is 29.8. The summed E-state index contributed by atoms with van der Waals surface area (Å²) in [5, 5.41) is 9.69. The van der Waals surface area contributed by atoms with Crippen LogP contribution < -0.4 is 0 Å². The van der Waals surface area contributed by atoms with Crippen LogP contribution in [0.25, 0.3) is 170 Å². The molecule has 0 aliphatic carbocycles. The average molecular weight is 1140 g/mol. The molecule has 18 aromatic rings. The molecule has 0 fully saturated rings. The van der Waals surface area contributed by atoms with Gasteiger partial charge in [0.2, 0.25) is 0 Å². The van der Waals surface area contributed by atoms with Gasteiger partial charge in [0.05, 0.1) is 43.5 Å². The van der Waals surface area contributed by atoms with Crippen molar-refractivity contribution >= 4 is 96.9 Å². The number of thiophene rings is 1. The van der Waals surface area contributed by atoms with E-state index >= 15 is 0 Å². The minimum absolute atomic E-state index is 0.621. The molecule has 0 unspecified atom stereocenters. The molecule has 0 bridgehead atoms. The summed E-state index contributed by atoms with van der Waals surface area (Å²) in [4.78, 5) is 15.3. The van der Waals surface area contributed by atoms with E-state index in [0.29, 0.717) is 17.5 Å². The van der Waals surface area contributed by atoms with Crippen LogP contribution >= 0.6 is 11.3 Å². The Hall–Kier alpha value is -11.5. The van der Waals surface area contributed by atoms with Crippen LogP contribution in [-0.2, 0) is 0 Å². The Morgan fingerprint density at radius 1 is 0.239 bits per heavy atom. The Kier molecular flexibility index (Phi) is 11.4. The highest BCUT2D eigenvalue weighted by molar-refractivity contribution is 7.26. The van der Waals surface area contributed by atoms with Crippen molar-refractivity contribution in [3.05, 3.63) is 303 Å². The Labute approximate surface area is 510 Å². The molecule has 5 aromatic heterocycles. The van der Waals surface area contributed by atoms with Gasteiger partial charge in [-0.25, -0.2) is 15.0 Å². The van der Waals surface area contributed by atoms with Gasteiger partial charge in [0.25, 0.3) is 0 Å². The van der Waals surface area contributed by atoms with Gasteiger partial charge in [-0.2, -0.15) is 0 Å². The zero-order chi connectivity index (χ0) is 57.8. The third-order valence-electron chi connectivity index (χ3n) is 17.7. The minimum Gasteiger partial charge on any atom is -0.309 e. The van der Waals surface area contributed by atoms with Gasteiger partial charge < -0.3 is 13.7 Å². The summed E-state index contributed by atoms with van der Waals surface area (Å²) >= 11 is 1.87. The maximum Gasteiger partial charge on any atom is 0.164 e. The first-order valence-corrected chi connectivity index (χ1v) is 30.6. The molecular formula is C81H50N6S. The molecule has 0 aliphatic rings. The van der Waals surface area contributed by atoms with Gasteiger partial charge in [0, 0.05) is 75.9 Å². The van der Waals surface area contributed by atoms with E-state index < -0.39 is 0 Å². The summed E-state index contributed by atoms with van der Waals surface area (Å²) in [6.45, 7) is 0. The molecule has 0 spiro atoms. The van der Waals surface area contributed by atoms with Gasteiger partial charge in [0.15, 0.2) is 17.5 Å². The van der Waals surface area contributed by atoms with E-state index in [1.165, 1.54) is 85.8 Å². The van der Waals surface area contributed by atoms with Crippen molar-refractivity contribution in [2.75, 3.05) is 0 Å². The normalized spacial score (nSPS) is 11.9. The van der Waals surface area contributed by atoms with E-state index in [0.717, 1.165) is 66.9 Å². The molecule has 13 aromatic carbocycles. The van der Waals surface area contributed by atoms with Crippen LogP contribution in [0.1, 0.15) is 0 Å². The van der Waals surface area contributed by atoms with E-state index in [4.69, 9.17) is 15.0 Å². The molecule has 410 valence electrons. The standard InChI is InChI=1S/C81H50N6S/c1-5-21-51(22-6-1)54-39-42-72-66(46-54)67-48-56(55-40-43-71-65(47-55)62-31-13-16-35-69(62)85(71)59-29-11-4-12-30-59)41-44-73(67)86(72)60-49-68-63-32-15-18-38-76(63)88-78(68)75(50-60)87-70-36-17-14-33-64(70)77-61(34-20-37-74(77)87)57-27-19-28-58(45-57)81-83-79(52-23-7-2-8-24-52)82-80(84-81)53-25-9-3-10-26-53/h1-50H. The van der Waals surface area contributed by atoms with Crippen LogP contribution in [0.3, 0.4) is 0 Å². The van der Waals surface area contributed by atoms with Crippen molar-refractivity contribution in [3.8, 4) is 84.6 Å². The van der Waals surface area contributed by atoms with Crippen molar-refractivity contribution in [1.82, 2.24) is 28.7 Å². The van der Waals surface area contributed by atoms with Crippen LogP contribution in [0, 0.1) is 0 Å². The molecule has 0 N–H and O–H groups in total. The monoisotopic (exact) mass is 1140 g/mol. The van der Waals surface area contributed by atoms with Gasteiger partial charge in [-0.05, 0) is 124 Å². The number of fused-ring (bicyclic) bond motifs is 12. The van der Waals surface area contributed by atoms with Crippen LogP contribution in [0.2, 0.25) is 0 Å². The Bertz CT molecular complexity index is 5740. The van der Waals surface area contributed by atoms with Gasteiger partial charge in [-0.1, -0.05) is 212 Å². The van der Waals surface area contributed by atoms with Gasteiger partial charge in [0.1, 0.15) is 0 Å². The summed E-state index contributed by atoms with van der Waals surface area (Å²) in [6, 6.07) is 110. The van der Waals surface area contributed by atoms with E-state index in [2.05, 4.69) is 281 Å². The third-order valence-corrected chi connectivity index (χ3v) is 18.9. The lowest BCUT2D eigenvalue weighted by molar-refractivity contribution is 1.07. The first-order chi connectivity index (χ1) is 43.6. The van der Waals surface area contributed by atoms with Crippen molar-refractivity contribution in [1.29, 1.82) is 0 Å². The van der Waals surface area contributed by atoms with Crippen molar-refractivity contribution in [2.24, 2.45) is 0 Å². The first kappa shape index (κ1) is 49.9. The molecule has 88 heavy (non-hydrogen) atoms. The second kappa shape index (κ2) is 20.1. The third kappa shape index (κ3) is 7.98. The zero-order valence-corrected chi connectivity index (χ0v) is 48.3. The number of hydrogen-bond acceptors (Lipinski definition) is 4. The minimum atomic E-state index is 0.621. The summed E-state index contributed by atoms with van der Waals surface area (Å²) < 4.78 is 9.90. The molecule has 6 nitrogen and oxygen atoms in total. The fourth-order valence-electron chi connectivity index (χ4n) is 13.7. The SMILES string of the molecule is c1ccc(-c2ccc3c(c2)c2cc(-c4ccc5c(c4)c4ccccc4n5-c4ccccc4)ccc2n3-c2cc(-n3c4ccccc4c4c(-c5cccc(-c6nc(-c7ccccc7)nc(-c7ccccc7)n6)c5)cccc43)c3sc4ccccc4c3c2)cc1. The topological polar surface area (TPSA) is 53.5 Å².